The molecule has 0 aromatic heterocycles. The molecule has 0 radical (unpaired) electrons. The van der Waals surface area contributed by atoms with E-state index in [0.717, 1.165) is 38.5 Å². The number of aliphatic hydroxyl groups excluding tert-OH is 1. The highest BCUT2D eigenvalue weighted by Gasteiger charge is 2.21. The molecule has 0 spiro atoms. The first kappa shape index (κ1) is 12.4. The quantitative estimate of drug-likeness (QED) is 0.511. The van der Waals surface area contributed by atoms with Gasteiger partial charge in [0, 0.05) is 5.92 Å². The van der Waals surface area contributed by atoms with Crippen LogP contribution < -0.4 is 5.32 Å². The normalized spacial score (nSPS) is 23.3. The van der Waals surface area contributed by atoms with Crippen molar-refractivity contribution in [3.05, 3.63) is 11.6 Å². The monoisotopic (exact) mass is 211 g/mol. The third-order valence-electron chi connectivity index (χ3n) is 3.12. The molecule has 0 aliphatic heterocycles. The number of aliphatic hydroxyl groups is 1. The lowest BCUT2D eigenvalue weighted by atomic mass is 9.82. The zero-order valence-corrected chi connectivity index (χ0v) is 9.41. The summed E-state index contributed by atoms with van der Waals surface area (Å²) in [5, 5.41) is 12.2. The van der Waals surface area contributed by atoms with E-state index >= 15 is 0 Å². The molecule has 0 aromatic rings. The van der Waals surface area contributed by atoms with Gasteiger partial charge >= 0.3 is 0 Å². The molecule has 0 bridgehead atoms. The number of hydrogen-bond donors (Lipinski definition) is 2. The van der Waals surface area contributed by atoms with Gasteiger partial charge in [-0.25, -0.2) is 0 Å². The van der Waals surface area contributed by atoms with Crippen molar-refractivity contribution >= 4 is 6.29 Å². The maximum Gasteiger partial charge on any atom is 0.125 e. The molecule has 3 heteroatoms. The summed E-state index contributed by atoms with van der Waals surface area (Å²) in [7, 11) is 1.95. The molecular formula is C12H21NO2. The van der Waals surface area contributed by atoms with Crippen LogP contribution in [-0.2, 0) is 4.79 Å². The second kappa shape index (κ2) is 6.75. The Morgan fingerprint density at radius 2 is 2.53 bits per heavy atom. The second-order valence-electron chi connectivity index (χ2n) is 4.22. The molecular weight excluding hydrogens is 190 g/mol. The number of rotatable bonds is 6. The summed E-state index contributed by atoms with van der Waals surface area (Å²) in [6.45, 7) is 0.966. The predicted octanol–water partition coefficient (Wildman–Crippen LogP) is 1.13. The first-order valence-corrected chi connectivity index (χ1v) is 5.72. The summed E-state index contributed by atoms with van der Waals surface area (Å²) in [6.07, 6.45) is 7.48. The highest BCUT2D eigenvalue weighted by Crippen LogP contribution is 2.28. The highest BCUT2D eigenvalue weighted by molar-refractivity contribution is 5.55. The molecule has 0 heterocycles. The third-order valence-corrected chi connectivity index (χ3v) is 3.12. The molecule has 15 heavy (non-hydrogen) atoms. The fourth-order valence-electron chi connectivity index (χ4n) is 2.15. The molecule has 0 amide bonds. The smallest absolute Gasteiger partial charge is 0.125 e. The minimum absolute atomic E-state index is 0.0238. The van der Waals surface area contributed by atoms with E-state index < -0.39 is 0 Å². The number of allylic oxidation sites excluding steroid dienone is 1. The summed E-state index contributed by atoms with van der Waals surface area (Å²) in [4.78, 5) is 10.8. The lowest BCUT2D eigenvalue weighted by Gasteiger charge is -2.24. The highest BCUT2D eigenvalue weighted by atomic mass is 16.3. The van der Waals surface area contributed by atoms with Crippen molar-refractivity contribution in [2.45, 2.75) is 25.7 Å². The Morgan fingerprint density at radius 3 is 3.13 bits per heavy atom. The molecule has 1 rings (SSSR count). The fraction of sp³-hybridized carbons (Fsp3) is 0.750. The maximum absolute atomic E-state index is 10.8. The van der Waals surface area contributed by atoms with Crippen molar-refractivity contribution < 1.29 is 9.90 Å². The summed E-state index contributed by atoms with van der Waals surface area (Å²) in [5.74, 6) is 0.0583. The standard InChI is InChI=1S/C12H21NO2/c1-13-6-5-10-3-2-4-11(7-10)12(8-14)9-15/h7-8,11-13,15H,2-6,9H2,1H3. The minimum atomic E-state index is -0.199. The Hall–Kier alpha value is -0.670. The van der Waals surface area contributed by atoms with Gasteiger partial charge in [-0.1, -0.05) is 11.6 Å². The van der Waals surface area contributed by atoms with Gasteiger partial charge in [-0.15, -0.1) is 0 Å². The van der Waals surface area contributed by atoms with Crippen molar-refractivity contribution in [1.29, 1.82) is 0 Å². The zero-order valence-electron chi connectivity index (χ0n) is 9.41. The van der Waals surface area contributed by atoms with Crippen LogP contribution in [0, 0.1) is 11.8 Å². The van der Waals surface area contributed by atoms with Crippen LogP contribution in [0.25, 0.3) is 0 Å². The number of carbonyl (C=O) groups is 1. The summed E-state index contributed by atoms with van der Waals surface area (Å²) >= 11 is 0. The molecule has 0 aromatic carbocycles. The molecule has 2 atom stereocenters. The van der Waals surface area contributed by atoms with Crippen LogP contribution in [0.3, 0.4) is 0 Å². The van der Waals surface area contributed by atoms with Crippen LogP contribution in [0.2, 0.25) is 0 Å². The van der Waals surface area contributed by atoms with Gasteiger partial charge in [-0.05, 0) is 45.2 Å². The number of hydrogen-bond acceptors (Lipinski definition) is 3. The minimum Gasteiger partial charge on any atom is -0.396 e. The van der Waals surface area contributed by atoms with E-state index in [1.54, 1.807) is 0 Å². The molecule has 1 aliphatic carbocycles. The van der Waals surface area contributed by atoms with Crippen LogP contribution in [0.4, 0.5) is 0 Å². The zero-order chi connectivity index (χ0) is 11.1. The van der Waals surface area contributed by atoms with E-state index in [9.17, 15) is 4.79 Å². The van der Waals surface area contributed by atoms with E-state index in [1.165, 1.54) is 5.57 Å². The van der Waals surface area contributed by atoms with Gasteiger partial charge in [-0.2, -0.15) is 0 Å². The molecule has 86 valence electrons. The van der Waals surface area contributed by atoms with Gasteiger partial charge in [0.15, 0.2) is 0 Å². The van der Waals surface area contributed by atoms with E-state index in [-0.39, 0.29) is 18.4 Å². The molecule has 1 aliphatic rings. The summed E-state index contributed by atoms with van der Waals surface area (Å²) < 4.78 is 0. The van der Waals surface area contributed by atoms with Crippen molar-refractivity contribution in [2.24, 2.45) is 11.8 Å². The van der Waals surface area contributed by atoms with Gasteiger partial charge in [0.25, 0.3) is 0 Å². The molecule has 2 N–H and O–H groups in total. The molecule has 3 nitrogen and oxygen atoms in total. The van der Waals surface area contributed by atoms with Crippen molar-refractivity contribution in [1.82, 2.24) is 5.32 Å². The second-order valence-corrected chi connectivity index (χ2v) is 4.22. The average molecular weight is 211 g/mol. The van der Waals surface area contributed by atoms with Crippen molar-refractivity contribution in [2.75, 3.05) is 20.2 Å². The predicted molar refractivity (Wildman–Crippen MR) is 60.6 cm³/mol. The summed E-state index contributed by atoms with van der Waals surface area (Å²) in [5.41, 5.74) is 1.43. The Balaban J connectivity index is 2.54. The largest absolute Gasteiger partial charge is 0.396 e. The first-order valence-electron chi connectivity index (χ1n) is 5.72. The Morgan fingerprint density at radius 1 is 1.73 bits per heavy atom. The van der Waals surface area contributed by atoms with Crippen LogP contribution in [0.1, 0.15) is 25.7 Å². The third kappa shape index (κ3) is 3.76. The topological polar surface area (TPSA) is 49.3 Å². The average Bonchev–Trinajstić information content (AvgIpc) is 2.29. The SMILES string of the molecule is CNCCC1=CC(C(C=O)CO)CCC1. The lowest BCUT2D eigenvalue weighted by Crippen LogP contribution is -2.21. The summed E-state index contributed by atoms with van der Waals surface area (Å²) in [6, 6.07) is 0. The van der Waals surface area contributed by atoms with E-state index in [0.29, 0.717) is 0 Å². The van der Waals surface area contributed by atoms with E-state index in [1.807, 2.05) is 7.05 Å². The van der Waals surface area contributed by atoms with Gasteiger partial charge in [0.05, 0.1) is 6.61 Å². The van der Waals surface area contributed by atoms with Crippen molar-refractivity contribution in [3.8, 4) is 0 Å². The molecule has 2 unspecified atom stereocenters. The number of nitrogens with one attached hydrogen (secondary N) is 1. The van der Waals surface area contributed by atoms with Crippen LogP contribution in [0.15, 0.2) is 11.6 Å². The van der Waals surface area contributed by atoms with Crippen LogP contribution >= 0.6 is 0 Å². The first-order chi connectivity index (χ1) is 7.31. The molecule has 0 fully saturated rings. The lowest BCUT2D eigenvalue weighted by molar-refractivity contribution is -0.113. The Kier molecular flexibility index (Phi) is 5.58. The van der Waals surface area contributed by atoms with Gasteiger partial charge in [0.2, 0.25) is 0 Å². The maximum atomic E-state index is 10.8. The van der Waals surface area contributed by atoms with Gasteiger partial charge in [-0.3, -0.25) is 0 Å². The fourth-order valence-corrected chi connectivity index (χ4v) is 2.15. The molecule has 0 saturated carbocycles. The van der Waals surface area contributed by atoms with Crippen molar-refractivity contribution in [3.63, 3.8) is 0 Å². The number of aldehydes is 1. The Bertz CT molecular complexity index is 226. The van der Waals surface area contributed by atoms with Gasteiger partial charge in [0.1, 0.15) is 6.29 Å². The Labute approximate surface area is 91.6 Å². The van der Waals surface area contributed by atoms with E-state index in [2.05, 4.69) is 11.4 Å². The van der Waals surface area contributed by atoms with Gasteiger partial charge < -0.3 is 15.2 Å². The number of carbonyl (C=O) groups excluding carboxylic acids is 1. The van der Waals surface area contributed by atoms with Crippen LogP contribution in [0.5, 0.6) is 0 Å². The van der Waals surface area contributed by atoms with E-state index in [4.69, 9.17) is 5.11 Å². The molecule has 0 saturated heterocycles. The van der Waals surface area contributed by atoms with Crippen LogP contribution in [-0.4, -0.2) is 31.6 Å².